The van der Waals surface area contributed by atoms with E-state index in [0.717, 1.165) is 16.8 Å². The fourth-order valence-corrected chi connectivity index (χ4v) is 3.07. The summed E-state index contributed by atoms with van der Waals surface area (Å²) in [7, 11) is 3.04. The number of ether oxygens (including phenoxy) is 2. The lowest BCUT2D eigenvalue weighted by Crippen LogP contribution is -2.03. The predicted octanol–water partition coefficient (Wildman–Crippen LogP) is 4.25. The summed E-state index contributed by atoms with van der Waals surface area (Å²) in [4.78, 5) is 29.2. The van der Waals surface area contributed by atoms with E-state index in [1.54, 1.807) is 67.3 Å². The van der Waals surface area contributed by atoms with Crippen LogP contribution in [0.25, 0.3) is 16.8 Å². The van der Waals surface area contributed by atoms with Crippen LogP contribution < -0.4 is 9.47 Å². The molecule has 0 atom stereocenters. The number of furan rings is 1. The fraction of sp³-hybridized carbons (Fsp3) is 0.0800. The highest BCUT2D eigenvalue weighted by Crippen LogP contribution is 2.30. The van der Waals surface area contributed by atoms with E-state index in [2.05, 4.69) is 24.4 Å². The van der Waals surface area contributed by atoms with E-state index >= 15 is 0 Å². The number of nitrogens with zero attached hydrogens (tertiary/aromatic N) is 5. The third-order valence-corrected chi connectivity index (χ3v) is 4.70. The van der Waals surface area contributed by atoms with E-state index in [1.807, 2.05) is 36.4 Å². The van der Waals surface area contributed by atoms with Crippen molar-refractivity contribution in [2.24, 2.45) is 0 Å². The largest absolute Gasteiger partial charge is 0.480 e. The van der Waals surface area contributed by atoms with Crippen molar-refractivity contribution in [3.05, 3.63) is 103 Å². The number of benzene rings is 1. The van der Waals surface area contributed by atoms with Crippen LogP contribution in [-0.2, 0) is 0 Å². The summed E-state index contributed by atoms with van der Waals surface area (Å²) < 4.78 is 16.8. The van der Waals surface area contributed by atoms with Gasteiger partial charge in [-0.25, -0.2) is 9.97 Å². The molecular weight excluding hydrogens is 434 g/mol. The predicted molar refractivity (Wildman–Crippen MR) is 124 cm³/mol. The molecule has 9 heteroatoms. The Morgan fingerprint density at radius 1 is 0.912 bits per heavy atom. The quantitative estimate of drug-likeness (QED) is 0.350. The summed E-state index contributed by atoms with van der Waals surface area (Å²) in [5, 5.41) is 0. The highest BCUT2D eigenvalue weighted by atomic mass is 16.5. The van der Waals surface area contributed by atoms with Gasteiger partial charge in [-0.3, -0.25) is 9.78 Å². The molecule has 0 radical (unpaired) electrons. The van der Waals surface area contributed by atoms with Gasteiger partial charge in [-0.2, -0.15) is 4.98 Å². The van der Waals surface area contributed by atoms with E-state index in [9.17, 15) is 4.79 Å². The summed E-state index contributed by atoms with van der Waals surface area (Å²) >= 11 is 0. The van der Waals surface area contributed by atoms with Crippen LogP contribution in [0, 0.1) is 0 Å². The molecular formula is C25H21N5O4. The van der Waals surface area contributed by atoms with Crippen molar-refractivity contribution in [1.82, 2.24) is 24.5 Å². The average molecular weight is 455 g/mol. The lowest BCUT2D eigenvalue weighted by atomic mass is 10.1. The average Bonchev–Trinajstić information content (AvgIpc) is 3.64. The van der Waals surface area contributed by atoms with Gasteiger partial charge in [0.05, 0.1) is 32.3 Å². The van der Waals surface area contributed by atoms with Gasteiger partial charge in [-0.15, -0.1) is 0 Å². The lowest BCUT2D eigenvalue weighted by molar-refractivity contribution is 0.103. The van der Waals surface area contributed by atoms with Gasteiger partial charge >= 0.3 is 6.01 Å². The molecule has 4 heterocycles. The van der Waals surface area contributed by atoms with Crippen LogP contribution in [0.2, 0.25) is 0 Å². The SMILES string of the molecule is COc1ncc(-c2cccc(-n3cnc(C(=O)c4ccccn4)c3)c2)c(OC)n1.c1ccoc1. The molecule has 0 aliphatic heterocycles. The molecule has 5 rings (SSSR count). The number of hydrogen-bond acceptors (Lipinski definition) is 8. The Bertz CT molecular complexity index is 1330. The molecule has 34 heavy (non-hydrogen) atoms. The van der Waals surface area contributed by atoms with Crippen LogP contribution in [-0.4, -0.2) is 44.5 Å². The monoisotopic (exact) mass is 455 g/mol. The first-order valence-corrected chi connectivity index (χ1v) is 10.2. The topological polar surface area (TPSA) is 105 Å². The first-order chi connectivity index (χ1) is 16.7. The Labute approximate surface area is 195 Å². The van der Waals surface area contributed by atoms with Crippen LogP contribution in [0.1, 0.15) is 16.2 Å². The third-order valence-electron chi connectivity index (χ3n) is 4.70. The number of carbonyl (C=O) groups excluding carboxylic acids is 1. The van der Waals surface area contributed by atoms with Crippen molar-refractivity contribution in [3.8, 4) is 28.7 Å². The van der Waals surface area contributed by atoms with Gasteiger partial charge in [-0.05, 0) is 42.0 Å². The molecule has 0 N–H and O–H groups in total. The van der Waals surface area contributed by atoms with Gasteiger partial charge in [0.2, 0.25) is 11.7 Å². The molecule has 1 aromatic carbocycles. The van der Waals surface area contributed by atoms with Gasteiger partial charge in [0, 0.05) is 24.3 Å². The van der Waals surface area contributed by atoms with Gasteiger partial charge in [-0.1, -0.05) is 18.2 Å². The van der Waals surface area contributed by atoms with Crippen molar-refractivity contribution in [2.75, 3.05) is 14.2 Å². The summed E-state index contributed by atoms with van der Waals surface area (Å²) in [6.07, 6.45) is 9.75. The molecule has 0 saturated carbocycles. The van der Waals surface area contributed by atoms with Gasteiger partial charge in [0.15, 0.2) is 0 Å². The molecule has 170 valence electrons. The number of carbonyl (C=O) groups is 1. The van der Waals surface area contributed by atoms with Crippen LogP contribution in [0.4, 0.5) is 0 Å². The molecule has 0 aliphatic carbocycles. The first kappa shape index (κ1) is 22.4. The number of hydrogen-bond donors (Lipinski definition) is 0. The molecule has 0 saturated heterocycles. The van der Waals surface area contributed by atoms with Crippen LogP contribution in [0.3, 0.4) is 0 Å². The van der Waals surface area contributed by atoms with Crippen molar-refractivity contribution < 1.29 is 18.7 Å². The smallest absolute Gasteiger partial charge is 0.319 e. The van der Waals surface area contributed by atoms with E-state index in [1.165, 1.54) is 7.11 Å². The zero-order valence-corrected chi connectivity index (χ0v) is 18.5. The molecule has 4 aromatic heterocycles. The Hall–Kier alpha value is -4.79. The second-order valence-corrected chi connectivity index (χ2v) is 6.83. The molecule has 5 aromatic rings. The zero-order valence-electron chi connectivity index (χ0n) is 18.5. The number of ketones is 1. The normalized spacial score (nSPS) is 10.2. The van der Waals surface area contributed by atoms with E-state index in [-0.39, 0.29) is 11.8 Å². The molecule has 9 nitrogen and oxygen atoms in total. The van der Waals surface area contributed by atoms with E-state index < -0.39 is 0 Å². The summed E-state index contributed by atoms with van der Waals surface area (Å²) in [5.41, 5.74) is 3.08. The van der Waals surface area contributed by atoms with Crippen molar-refractivity contribution in [2.45, 2.75) is 0 Å². The lowest BCUT2D eigenvalue weighted by Gasteiger charge is -2.10. The van der Waals surface area contributed by atoms with E-state index in [0.29, 0.717) is 17.3 Å². The standard InChI is InChI=1S/C21H17N5O3.C4H4O/c1-28-20-16(11-23-21(25-20)29-2)14-6-5-7-15(10-14)26-12-18(24-13-26)19(27)17-8-3-4-9-22-17;1-2-4-5-3-1/h3-13H,1-2H3;1-4H. The van der Waals surface area contributed by atoms with Crippen LogP contribution in [0.5, 0.6) is 11.9 Å². The zero-order chi connectivity index (χ0) is 23.8. The Morgan fingerprint density at radius 3 is 2.44 bits per heavy atom. The minimum absolute atomic E-state index is 0.231. The van der Waals surface area contributed by atoms with Crippen molar-refractivity contribution in [3.63, 3.8) is 0 Å². The summed E-state index contributed by atoms with van der Waals surface area (Å²) in [6.45, 7) is 0. The summed E-state index contributed by atoms with van der Waals surface area (Å²) in [5.74, 6) is 0.177. The van der Waals surface area contributed by atoms with Crippen molar-refractivity contribution >= 4 is 5.78 Å². The summed E-state index contributed by atoms with van der Waals surface area (Å²) in [6, 6.07) is 16.8. The minimum atomic E-state index is -0.231. The third kappa shape index (κ3) is 5.16. The molecule has 0 spiro atoms. The Morgan fingerprint density at radius 2 is 1.76 bits per heavy atom. The maximum Gasteiger partial charge on any atom is 0.319 e. The number of imidazole rings is 1. The molecule has 0 fully saturated rings. The first-order valence-electron chi connectivity index (χ1n) is 10.2. The molecule has 0 bridgehead atoms. The molecule has 0 aliphatic rings. The maximum atomic E-state index is 12.5. The molecule has 0 unspecified atom stereocenters. The highest BCUT2D eigenvalue weighted by Gasteiger charge is 2.15. The maximum absolute atomic E-state index is 12.5. The second-order valence-electron chi connectivity index (χ2n) is 6.83. The fourth-order valence-electron chi connectivity index (χ4n) is 3.07. The minimum Gasteiger partial charge on any atom is -0.480 e. The van der Waals surface area contributed by atoms with Gasteiger partial charge < -0.3 is 18.5 Å². The van der Waals surface area contributed by atoms with Crippen molar-refractivity contribution in [1.29, 1.82) is 0 Å². The number of aromatic nitrogens is 5. The van der Waals surface area contributed by atoms with Crippen LogP contribution >= 0.6 is 0 Å². The highest BCUT2D eigenvalue weighted by molar-refractivity contribution is 6.06. The molecule has 0 amide bonds. The Balaban J connectivity index is 0.000000486. The van der Waals surface area contributed by atoms with Gasteiger partial charge in [0.1, 0.15) is 17.7 Å². The number of rotatable bonds is 6. The van der Waals surface area contributed by atoms with Gasteiger partial charge in [0.25, 0.3) is 0 Å². The number of methoxy groups -OCH3 is 2. The van der Waals surface area contributed by atoms with E-state index in [4.69, 9.17) is 9.47 Å². The van der Waals surface area contributed by atoms with Crippen LogP contribution in [0.15, 0.2) is 96.5 Å². The second kappa shape index (κ2) is 10.7. The number of pyridine rings is 1. The Kier molecular flexibility index (Phi) is 7.04.